The van der Waals surface area contributed by atoms with Crippen LogP contribution >= 0.6 is 0 Å². The molecule has 1 aliphatic rings. The maximum absolute atomic E-state index is 13.6. The monoisotopic (exact) mass is 253 g/mol. The van der Waals surface area contributed by atoms with Gasteiger partial charge in [0.2, 0.25) is 5.95 Å². The zero-order valence-corrected chi connectivity index (χ0v) is 10.9. The SMILES string of the molecule is CCN1CCCC(Nc2nc(NC)ncc2F)C1. The van der Waals surface area contributed by atoms with E-state index < -0.39 is 5.82 Å². The van der Waals surface area contributed by atoms with Crippen LogP contribution in [0.1, 0.15) is 19.8 Å². The maximum Gasteiger partial charge on any atom is 0.224 e. The fraction of sp³-hybridized carbons (Fsp3) is 0.667. The average molecular weight is 253 g/mol. The molecule has 2 N–H and O–H groups in total. The second-order valence-corrected chi connectivity index (χ2v) is 4.52. The number of nitrogens with zero attached hydrogens (tertiary/aromatic N) is 3. The molecule has 0 radical (unpaired) electrons. The van der Waals surface area contributed by atoms with Crippen molar-refractivity contribution in [2.45, 2.75) is 25.8 Å². The van der Waals surface area contributed by atoms with Crippen LogP contribution in [0.5, 0.6) is 0 Å². The zero-order chi connectivity index (χ0) is 13.0. The number of hydrogen-bond donors (Lipinski definition) is 2. The molecule has 1 aliphatic heterocycles. The van der Waals surface area contributed by atoms with Crippen LogP contribution in [0.15, 0.2) is 6.20 Å². The highest BCUT2D eigenvalue weighted by atomic mass is 19.1. The van der Waals surface area contributed by atoms with Gasteiger partial charge in [-0.2, -0.15) is 4.98 Å². The lowest BCUT2D eigenvalue weighted by Crippen LogP contribution is -2.42. The molecule has 1 fully saturated rings. The van der Waals surface area contributed by atoms with Crippen molar-refractivity contribution in [1.82, 2.24) is 14.9 Å². The molecule has 0 saturated carbocycles. The Balaban J connectivity index is 2.04. The van der Waals surface area contributed by atoms with Gasteiger partial charge in [-0.25, -0.2) is 9.37 Å². The molecule has 0 spiro atoms. The first-order valence-corrected chi connectivity index (χ1v) is 6.42. The first-order valence-electron chi connectivity index (χ1n) is 6.42. The Morgan fingerprint density at radius 2 is 2.39 bits per heavy atom. The summed E-state index contributed by atoms with van der Waals surface area (Å²) in [5.74, 6) is 0.321. The molecule has 1 saturated heterocycles. The summed E-state index contributed by atoms with van der Waals surface area (Å²) in [6.07, 6.45) is 3.38. The molecule has 0 amide bonds. The van der Waals surface area contributed by atoms with Gasteiger partial charge in [-0.05, 0) is 25.9 Å². The summed E-state index contributed by atoms with van der Waals surface area (Å²) in [6.45, 7) is 5.25. The van der Waals surface area contributed by atoms with Crippen molar-refractivity contribution in [1.29, 1.82) is 0 Å². The van der Waals surface area contributed by atoms with Gasteiger partial charge in [-0.15, -0.1) is 0 Å². The molecule has 18 heavy (non-hydrogen) atoms. The van der Waals surface area contributed by atoms with E-state index in [1.165, 1.54) is 6.20 Å². The number of halogens is 1. The molecular weight excluding hydrogens is 233 g/mol. The third kappa shape index (κ3) is 3.07. The molecule has 6 heteroatoms. The van der Waals surface area contributed by atoms with Crippen LogP contribution in [0, 0.1) is 5.82 Å². The van der Waals surface area contributed by atoms with Crippen LogP contribution in [0.3, 0.4) is 0 Å². The highest BCUT2D eigenvalue weighted by Crippen LogP contribution is 2.17. The van der Waals surface area contributed by atoms with E-state index in [0.29, 0.717) is 5.95 Å². The van der Waals surface area contributed by atoms with Crippen molar-refractivity contribution in [3.8, 4) is 0 Å². The Bertz CT molecular complexity index is 398. The van der Waals surface area contributed by atoms with Crippen LogP contribution in [-0.2, 0) is 0 Å². The number of piperidine rings is 1. The molecular formula is C12H20FN5. The topological polar surface area (TPSA) is 53.1 Å². The third-order valence-corrected chi connectivity index (χ3v) is 3.26. The van der Waals surface area contributed by atoms with E-state index in [4.69, 9.17) is 0 Å². The van der Waals surface area contributed by atoms with Gasteiger partial charge in [0.25, 0.3) is 0 Å². The lowest BCUT2D eigenvalue weighted by molar-refractivity contribution is 0.226. The Hall–Kier alpha value is -1.43. The summed E-state index contributed by atoms with van der Waals surface area (Å²) in [4.78, 5) is 10.3. The smallest absolute Gasteiger partial charge is 0.224 e. The molecule has 2 heterocycles. The maximum atomic E-state index is 13.6. The van der Waals surface area contributed by atoms with E-state index in [2.05, 4.69) is 32.4 Å². The predicted octanol–water partition coefficient (Wildman–Crippen LogP) is 1.55. The molecule has 100 valence electrons. The zero-order valence-electron chi connectivity index (χ0n) is 10.9. The fourth-order valence-corrected chi connectivity index (χ4v) is 2.24. The van der Waals surface area contributed by atoms with E-state index in [9.17, 15) is 4.39 Å². The first kappa shape index (κ1) is 13.0. The van der Waals surface area contributed by atoms with Gasteiger partial charge in [0.05, 0.1) is 6.20 Å². The highest BCUT2D eigenvalue weighted by molar-refractivity contribution is 5.41. The Kier molecular flexibility index (Phi) is 4.30. The molecule has 0 bridgehead atoms. The molecule has 2 rings (SSSR count). The Morgan fingerprint density at radius 3 is 3.11 bits per heavy atom. The van der Waals surface area contributed by atoms with Crippen molar-refractivity contribution in [3.63, 3.8) is 0 Å². The molecule has 5 nitrogen and oxygen atoms in total. The summed E-state index contributed by atoms with van der Waals surface area (Å²) in [7, 11) is 1.72. The summed E-state index contributed by atoms with van der Waals surface area (Å²) < 4.78 is 13.6. The number of nitrogens with one attached hydrogen (secondary N) is 2. The lowest BCUT2D eigenvalue weighted by Gasteiger charge is -2.32. The first-order chi connectivity index (χ1) is 8.72. The second-order valence-electron chi connectivity index (χ2n) is 4.52. The predicted molar refractivity (Wildman–Crippen MR) is 70.3 cm³/mol. The Morgan fingerprint density at radius 1 is 1.56 bits per heavy atom. The van der Waals surface area contributed by atoms with Crippen LogP contribution in [0.25, 0.3) is 0 Å². The minimum Gasteiger partial charge on any atom is -0.363 e. The number of rotatable bonds is 4. The lowest BCUT2D eigenvalue weighted by atomic mass is 10.1. The van der Waals surface area contributed by atoms with E-state index in [1.807, 2.05) is 0 Å². The largest absolute Gasteiger partial charge is 0.363 e. The van der Waals surface area contributed by atoms with Gasteiger partial charge in [-0.1, -0.05) is 6.92 Å². The van der Waals surface area contributed by atoms with Gasteiger partial charge in [0.1, 0.15) is 0 Å². The van der Waals surface area contributed by atoms with Crippen LogP contribution in [0.2, 0.25) is 0 Å². The number of likely N-dealkylation sites (tertiary alicyclic amines) is 1. The molecule has 1 atom stereocenters. The summed E-state index contributed by atoms with van der Waals surface area (Å²) >= 11 is 0. The van der Waals surface area contributed by atoms with E-state index in [1.54, 1.807) is 7.05 Å². The van der Waals surface area contributed by atoms with Crippen molar-refractivity contribution in [3.05, 3.63) is 12.0 Å². The average Bonchev–Trinajstić information content (AvgIpc) is 2.41. The van der Waals surface area contributed by atoms with Crippen molar-refractivity contribution in [2.75, 3.05) is 37.3 Å². The standard InChI is InChI=1S/C12H20FN5/c1-3-18-6-4-5-9(8-18)16-11-10(13)7-15-12(14-2)17-11/h7,9H,3-6,8H2,1-2H3,(H2,14,15,16,17). The molecule has 1 unspecified atom stereocenters. The molecule has 1 aromatic rings. The summed E-state index contributed by atoms with van der Waals surface area (Å²) in [5, 5.41) is 5.99. The van der Waals surface area contributed by atoms with Gasteiger partial charge >= 0.3 is 0 Å². The van der Waals surface area contributed by atoms with Crippen molar-refractivity contribution in [2.24, 2.45) is 0 Å². The number of aromatic nitrogens is 2. The van der Waals surface area contributed by atoms with E-state index in [0.717, 1.165) is 32.5 Å². The number of likely N-dealkylation sites (N-methyl/N-ethyl adjacent to an activating group) is 1. The van der Waals surface area contributed by atoms with Gasteiger partial charge in [0, 0.05) is 19.6 Å². The number of hydrogen-bond acceptors (Lipinski definition) is 5. The highest BCUT2D eigenvalue weighted by Gasteiger charge is 2.20. The van der Waals surface area contributed by atoms with Gasteiger partial charge in [0.15, 0.2) is 11.6 Å². The van der Waals surface area contributed by atoms with Crippen LogP contribution in [-0.4, -0.2) is 47.6 Å². The minimum atomic E-state index is -0.400. The normalized spacial score (nSPS) is 20.7. The van der Waals surface area contributed by atoms with E-state index in [-0.39, 0.29) is 11.9 Å². The summed E-state index contributed by atoms with van der Waals surface area (Å²) in [5.41, 5.74) is 0. The van der Waals surface area contributed by atoms with Crippen LogP contribution in [0.4, 0.5) is 16.2 Å². The van der Waals surface area contributed by atoms with Crippen molar-refractivity contribution < 1.29 is 4.39 Å². The molecule has 0 aromatic carbocycles. The summed E-state index contributed by atoms with van der Waals surface area (Å²) in [6, 6.07) is 0.257. The van der Waals surface area contributed by atoms with Gasteiger partial charge < -0.3 is 15.5 Å². The van der Waals surface area contributed by atoms with Crippen molar-refractivity contribution >= 4 is 11.8 Å². The minimum absolute atomic E-state index is 0.257. The third-order valence-electron chi connectivity index (χ3n) is 3.26. The fourth-order valence-electron chi connectivity index (χ4n) is 2.24. The van der Waals surface area contributed by atoms with Gasteiger partial charge in [-0.3, -0.25) is 0 Å². The second kappa shape index (κ2) is 5.95. The van der Waals surface area contributed by atoms with E-state index >= 15 is 0 Å². The molecule has 0 aliphatic carbocycles. The quantitative estimate of drug-likeness (QED) is 0.852. The Labute approximate surface area is 107 Å². The van der Waals surface area contributed by atoms with Crippen LogP contribution < -0.4 is 10.6 Å². The number of anilines is 2. The molecule has 1 aromatic heterocycles.